The van der Waals surface area contributed by atoms with Crippen LogP contribution in [0, 0.1) is 0 Å². The maximum atomic E-state index is 11.4. The zero-order valence-electron chi connectivity index (χ0n) is 9.59. The van der Waals surface area contributed by atoms with Gasteiger partial charge in [-0.1, -0.05) is 36.7 Å². The van der Waals surface area contributed by atoms with Gasteiger partial charge in [0, 0.05) is 17.6 Å². The number of hydrogen-bond donors (Lipinski definition) is 2. The summed E-state index contributed by atoms with van der Waals surface area (Å²) in [4.78, 5) is 11.4. The average Bonchev–Trinajstić information content (AvgIpc) is 2.28. The van der Waals surface area contributed by atoms with E-state index in [4.69, 9.17) is 11.6 Å². The Hall–Kier alpha value is -1.22. The summed E-state index contributed by atoms with van der Waals surface area (Å²) in [5.74, 6) is 0. The van der Waals surface area contributed by atoms with E-state index in [0.717, 1.165) is 12.0 Å². The van der Waals surface area contributed by atoms with Crippen LogP contribution in [0.1, 0.15) is 25.8 Å². The third-order valence-electron chi connectivity index (χ3n) is 2.39. The molecule has 0 radical (unpaired) electrons. The molecule has 2 N–H and O–H groups in total. The third-order valence-corrected chi connectivity index (χ3v) is 2.76. The molecular weight excluding hydrogens is 224 g/mol. The molecule has 88 valence electrons. The number of amides is 2. The van der Waals surface area contributed by atoms with Crippen molar-refractivity contribution in [3.05, 3.63) is 34.9 Å². The molecule has 1 rings (SSSR count). The van der Waals surface area contributed by atoms with Gasteiger partial charge in [0.05, 0.1) is 0 Å². The van der Waals surface area contributed by atoms with Gasteiger partial charge in [0.2, 0.25) is 0 Å². The fraction of sp³-hybridized carbons (Fsp3) is 0.417. The smallest absolute Gasteiger partial charge is 0.315 e. The van der Waals surface area contributed by atoms with Gasteiger partial charge >= 0.3 is 6.03 Å². The Morgan fingerprint density at radius 3 is 2.75 bits per heavy atom. The predicted octanol–water partition coefficient (Wildman–Crippen LogP) is 2.94. The molecule has 3 nitrogen and oxygen atoms in total. The van der Waals surface area contributed by atoms with Crippen LogP contribution in [0.25, 0.3) is 0 Å². The standard InChI is InChI=1S/C12H17ClN2O/c1-3-9(2)15-12(16)14-8-10-6-4-5-7-11(10)13/h4-7,9H,3,8H2,1-2H3,(H2,14,15,16)/t9-/m0/s1. The molecule has 0 bridgehead atoms. The first-order valence-corrected chi connectivity index (χ1v) is 5.79. The van der Waals surface area contributed by atoms with Crippen LogP contribution in [-0.2, 0) is 6.54 Å². The molecule has 1 aromatic rings. The molecule has 0 aliphatic rings. The number of carbonyl (C=O) groups is 1. The topological polar surface area (TPSA) is 41.1 Å². The van der Waals surface area contributed by atoms with Gasteiger partial charge in [-0.3, -0.25) is 0 Å². The van der Waals surface area contributed by atoms with Gasteiger partial charge in [0.1, 0.15) is 0 Å². The number of nitrogens with one attached hydrogen (secondary N) is 2. The van der Waals surface area contributed by atoms with Crippen molar-refractivity contribution in [2.24, 2.45) is 0 Å². The van der Waals surface area contributed by atoms with E-state index in [0.29, 0.717) is 11.6 Å². The van der Waals surface area contributed by atoms with Crippen molar-refractivity contribution < 1.29 is 4.79 Å². The van der Waals surface area contributed by atoms with E-state index in [1.165, 1.54) is 0 Å². The van der Waals surface area contributed by atoms with E-state index in [2.05, 4.69) is 10.6 Å². The second-order valence-electron chi connectivity index (χ2n) is 3.73. The highest BCUT2D eigenvalue weighted by Crippen LogP contribution is 2.14. The summed E-state index contributed by atoms with van der Waals surface area (Å²) >= 11 is 5.97. The van der Waals surface area contributed by atoms with Gasteiger partial charge in [-0.2, -0.15) is 0 Å². The first kappa shape index (κ1) is 12.8. The highest BCUT2D eigenvalue weighted by molar-refractivity contribution is 6.31. The number of urea groups is 1. The Labute approximate surface area is 101 Å². The van der Waals surface area contributed by atoms with Gasteiger partial charge < -0.3 is 10.6 Å². The van der Waals surface area contributed by atoms with Gasteiger partial charge in [-0.25, -0.2) is 4.79 Å². The van der Waals surface area contributed by atoms with E-state index in [9.17, 15) is 4.79 Å². The lowest BCUT2D eigenvalue weighted by atomic mass is 10.2. The summed E-state index contributed by atoms with van der Waals surface area (Å²) < 4.78 is 0. The molecule has 0 saturated heterocycles. The Kier molecular flexibility index (Phi) is 5.12. The van der Waals surface area contributed by atoms with Crippen molar-refractivity contribution in [3.63, 3.8) is 0 Å². The fourth-order valence-corrected chi connectivity index (χ4v) is 1.40. The first-order valence-electron chi connectivity index (χ1n) is 5.41. The molecule has 0 fully saturated rings. The number of carbonyl (C=O) groups excluding carboxylic acids is 1. The van der Waals surface area contributed by atoms with Gasteiger partial charge in [-0.05, 0) is 25.0 Å². The molecule has 0 aromatic heterocycles. The number of halogens is 1. The molecular formula is C12H17ClN2O. The van der Waals surface area contributed by atoms with Crippen molar-refractivity contribution in [1.29, 1.82) is 0 Å². The number of hydrogen-bond acceptors (Lipinski definition) is 1. The molecule has 0 saturated carbocycles. The van der Waals surface area contributed by atoms with Crippen LogP contribution in [0.15, 0.2) is 24.3 Å². The van der Waals surface area contributed by atoms with Crippen molar-refractivity contribution in [2.75, 3.05) is 0 Å². The monoisotopic (exact) mass is 240 g/mol. The molecule has 0 spiro atoms. The van der Waals surface area contributed by atoms with E-state index in [1.807, 2.05) is 38.1 Å². The lowest BCUT2D eigenvalue weighted by Gasteiger charge is -2.12. The molecule has 4 heteroatoms. The molecule has 0 aliphatic heterocycles. The quantitative estimate of drug-likeness (QED) is 0.835. The van der Waals surface area contributed by atoms with Gasteiger partial charge in [-0.15, -0.1) is 0 Å². The van der Waals surface area contributed by atoms with E-state index in [-0.39, 0.29) is 12.1 Å². The van der Waals surface area contributed by atoms with Crippen molar-refractivity contribution in [1.82, 2.24) is 10.6 Å². The zero-order valence-corrected chi connectivity index (χ0v) is 10.3. The maximum Gasteiger partial charge on any atom is 0.315 e. The predicted molar refractivity (Wildman–Crippen MR) is 66.6 cm³/mol. The zero-order chi connectivity index (χ0) is 12.0. The summed E-state index contributed by atoms with van der Waals surface area (Å²) in [7, 11) is 0. The highest BCUT2D eigenvalue weighted by atomic mass is 35.5. The fourth-order valence-electron chi connectivity index (χ4n) is 1.19. The second kappa shape index (κ2) is 6.38. The van der Waals surface area contributed by atoms with Crippen molar-refractivity contribution >= 4 is 17.6 Å². The van der Waals surface area contributed by atoms with E-state index < -0.39 is 0 Å². The average molecular weight is 241 g/mol. The largest absolute Gasteiger partial charge is 0.336 e. The Bertz CT molecular complexity index is 355. The van der Waals surface area contributed by atoms with Crippen molar-refractivity contribution in [2.45, 2.75) is 32.9 Å². The minimum absolute atomic E-state index is 0.158. The highest BCUT2D eigenvalue weighted by Gasteiger charge is 2.05. The Balaban J connectivity index is 2.40. The van der Waals surface area contributed by atoms with Gasteiger partial charge in [0.15, 0.2) is 0 Å². The summed E-state index contributed by atoms with van der Waals surface area (Å²) in [6.45, 7) is 4.44. The number of benzene rings is 1. The molecule has 1 aromatic carbocycles. The van der Waals surface area contributed by atoms with Crippen LogP contribution in [0.2, 0.25) is 5.02 Å². The van der Waals surface area contributed by atoms with Crippen LogP contribution < -0.4 is 10.6 Å². The summed E-state index contributed by atoms with van der Waals surface area (Å²) in [6, 6.07) is 7.50. The normalized spacial score (nSPS) is 11.9. The molecule has 0 heterocycles. The van der Waals surface area contributed by atoms with E-state index >= 15 is 0 Å². The maximum absolute atomic E-state index is 11.4. The lowest BCUT2D eigenvalue weighted by Crippen LogP contribution is -2.40. The third kappa shape index (κ3) is 4.11. The summed E-state index contributed by atoms with van der Waals surface area (Å²) in [6.07, 6.45) is 0.916. The Morgan fingerprint density at radius 1 is 1.44 bits per heavy atom. The van der Waals surface area contributed by atoms with E-state index in [1.54, 1.807) is 0 Å². The first-order chi connectivity index (χ1) is 7.63. The van der Waals surface area contributed by atoms with Crippen LogP contribution in [-0.4, -0.2) is 12.1 Å². The molecule has 2 amide bonds. The van der Waals surface area contributed by atoms with Crippen LogP contribution in [0.3, 0.4) is 0 Å². The SMILES string of the molecule is CC[C@H](C)NC(=O)NCc1ccccc1Cl. The minimum atomic E-state index is -0.158. The van der Waals surface area contributed by atoms with Crippen LogP contribution >= 0.6 is 11.6 Å². The lowest BCUT2D eigenvalue weighted by molar-refractivity contribution is 0.237. The molecule has 1 atom stereocenters. The molecule has 0 unspecified atom stereocenters. The molecule has 16 heavy (non-hydrogen) atoms. The van der Waals surface area contributed by atoms with Crippen LogP contribution in [0.4, 0.5) is 4.79 Å². The Morgan fingerprint density at radius 2 is 2.12 bits per heavy atom. The van der Waals surface area contributed by atoms with Gasteiger partial charge in [0.25, 0.3) is 0 Å². The minimum Gasteiger partial charge on any atom is -0.336 e. The van der Waals surface area contributed by atoms with Crippen molar-refractivity contribution in [3.8, 4) is 0 Å². The summed E-state index contributed by atoms with van der Waals surface area (Å²) in [5.41, 5.74) is 0.920. The number of rotatable bonds is 4. The van der Waals surface area contributed by atoms with Crippen LogP contribution in [0.5, 0.6) is 0 Å². The molecule has 0 aliphatic carbocycles. The second-order valence-corrected chi connectivity index (χ2v) is 4.13. The summed E-state index contributed by atoms with van der Waals surface area (Å²) in [5, 5.41) is 6.27.